The Labute approximate surface area is 113 Å². The van der Waals surface area contributed by atoms with Gasteiger partial charge in [0.15, 0.2) is 0 Å². The van der Waals surface area contributed by atoms with E-state index in [0.29, 0.717) is 0 Å². The standard InChI is InChI=1S/C11H10IN3S/c12-9-5-8(1-2-10(9)15-7-16)6-11-13-3-4-14-11/h1-2,5H,3-4,6H2,(H,13,14). The van der Waals surface area contributed by atoms with Crippen molar-refractivity contribution in [1.29, 1.82) is 0 Å². The monoisotopic (exact) mass is 343 g/mol. The van der Waals surface area contributed by atoms with Gasteiger partial charge in [0.1, 0.15) is 5.84 Å². The van der Waals surface area contributed by atoms with Crippen LogP contribution in [0.3, 0.4) is 0 Å². The molecule has 1 aliphatic rings. The fourth-order valence-electron chi connectivity index (χ4n) is 1.56. The maximum atomic E-state index is 4.59. The molecule has 1 aliphatic heterocycles. The summed E-state index contributed by atoms with van der Waals surface area (Å²) < 4.78 is 1.09. The van der Waals surface area contributed by atoms with Gasteiger partial charge in [-0.2, -0.15) is 4.99 Å². The molecule has 0 aliphatic carbocycles. The van der Waals surface area contributed by atoms with E-state index >= 15 is 0 Å². The highest BCUT2D eigenvalue weighted by molar-refractivity contribution is 14.1. The second-order valence-corrected chi connectivity index (χ2v) is 4.77. The molecule has 0 bridgehead atoms. The van der Waals surface area contributed by atoms with Gasteiger partial charge in [0.05, 0.1) is 17.4 Å². The normalized spacial score (nSPS) is 13.9. The molecule has 0 saturated heterocycles. The van der Waals surface area contributed by atoms with Crippen molar-refractivity contribution in [1.82, 2.24) is 5.32 Å². The van der Waals surface area contributed by atoms with Gasteiger partial charge in [0.25, 0.3) is 0 Å². The van der Waals surface area contributed by atoms with Gasteiger partial charge in [0, 0.05) is 16.5 Å². The first kappa shape index (κ1) is 11.7. The lowest BCUT2D eigenvalue weighted by atomic mass is 10.1. The zero-order chi connectivity index (χ0) is 11.4. The second-order valence-electron chi connectivity index (χ2n) is 3.42. The lowest BCUT2D eigenvalue weighted by Crippen LogP contribution is -2.20. The highest BCUT2D eigenvalue weighted by Crippen LogP contribution is 2.22. The van der Waals surface area contributed by atoms with Crippen LogP contribution in [0.25, 0.3) is 0 Å². The average molecular weight is 343 g/mol. The fourth-order valence-corrected chi connectivity index (χ4v) is 2.36. The molecule has 0 aromatic heterocycles. The maximum Gasteiger partial charge on any atom is 0.101 e. The molecule has 0 radical (unpaired) electrons. The predicted molar refractivity (Wildman–Crippen MR) is 77.9 cm³/mol. The van der Waals surface area contributed by atoms with E-state index in [1.54, 1.807) is 0 Å². The number of rotatable bonds is 3. The van der Waals surface area contributed by atoms with Crippen LogP contribution in [0, 0.1) is 3.57 Å². The van der Waals surface area contributed by atoms with Gasteiger partial charge < -0.3 is 5.32 Å². The third kappa shape index (κ3) is 2.87. The second kappa shape index (κ2) is 5.52. The Morgan fingerprint density at radius 3 is 3.06 bits per heavy atom. The van der Waals surface area contributed by atoms with Crippen LogP contribution in [0.1, 0.15) is 5.56 Å². The first-order valence-electron chi connectivity index (χ1n) is 4.93. The van der Waals surface area contributed by atoms with Gasteiger partial charge in [-0.05, 0) is 52.5 Å². The topological polar surface area (TPSA) is 36.8 Å². The van der Waals surface area contributed by atoms with Crippen LogP contribution in [0.4, 0.5) is 5.69 Å². The molecule has 0 fully saturated rings. The SMILES string of the molecule is S=C=Nc1ccc(CC2=NCCN2)cc1I. The molecule has 1 heterocycles. The Morgan fingerprint density at radius 1 is 1.56 bits per heavy atom. The van der Waals surface area contributed by atoms with Gasteiger partial charge >= 0.3 is 0 Å². The van der Waals surface area contributed by atoms with Gasteiger partial charge in [-0.3, -0.25) is 4.99 Å². The Bertz CT molecular complexity index is 478. The Balaban J connectivity index is 2.17. The van der Waals surface area contributed by atoms with Gasteiger partial charge in [-0.25, -0.2) is 0 Å². The van der Waals surface area contributed by atoms with Crippen molar-refractivity contribution in [2.24, 2.45) is 9.98 Å². The summed E-state index contributed by atoms with van der Waals surface area (Å²) >= 11 is 6.85. The van der Waals surface area contributed by atoms with Crippen LogP contribution in [-0.4, -0.2) is 24.1 Å². The van der Waals surface area contributed by atoms with Crippen LogP contribution >= 0.6 is 34.8 Å². The van der Waals surface area contributed by atoms with Crippen LogP contribution in [0.5, 0.6) is 0 Å². The molecule has 82 valence electrons. The summed E-state index contributed by atoms with van der Waals surface area (Å²) in [7, 11) is 0. The summed E-state index contributed by atoms with van der Waals surface area (Å²) in [5.41, 5.74) is 2.11. The van der Waals surface area contributed by atoms with Crippen molar-refractivity contribution < 1.29 is 0 Å². The number of halogens is 1. The Kier molecular flexibility index (Phi) is 4.04. The lowest BCUT2D eigenvalue weighted by molar-refractivity contribution is 0.953. The minimum Gasteiger partial charge on any atom is -0.372 e. The summed E-state index contributed by atoms with van der Waals surface area (Å²) in [6.07, 6.45) is 0.859. The molecular formula is C11H10IN3S. The highest BCUT2D eigenvalue weighted by Gasteiger charge is 2.07. The number of nitrogens with one attached hydrogen (secondary N) is 1. The van der Waals surface area contributed by atoms with Crippen molar-refractivity contribution in [3.63, 3.8) is 0 Å². The van der Waals surface area contributed by atoms with Crippen LogP contribution in [-0.2, 0) is 6.42 Å². The summed E-state index contributed by atoms with van der Waals surface area (Å²) in [6.45, 7) is 1.85. The number of aliphatic imine (C=N–C) groups is 2. The summed E-state index contributed by atoms with van der Waals surface area (Å²) in [6, 6.07) is 6.12. The molecule has 0 amide bonds. The Morgan fingerprint density at radius 2 is 2.44 bits per heavy atom. The molecule has 2 rings (SSSR count). The minimum atomic E-state index is 0.859. The predicted octanol–water partition coefficient (Wildman–Crippen LogP) is 2.57. The average Bonchev–Trinajstić information content (AvgIpc) is 2.75. The lowest BCUT2D eigenvalue weighted by Gasteiger charge is -2.04. The molecule has 0 saturated carbocycles. The minimum absolute atomic E-state index is 0.859. The third-order valence-electron chi connectivity index (χ3n) is 2.29. The first-order valence-corrected chi connectivity index (χ1v) is 6.42. The van der Waals surface area contributed by atoms with Crippen molar-refractivity contribution in [3.05, 3.63) is 27.3 Å². The summed E-state index contributed by atoms with van der Waals surface area (Å²) in [4.78, 5) is 8.36. The Hall–Kier alpha value is -0.780. The van der Waals surface area contributed by atoms with Crippen LogP contribution in [0.2, 0.25) is 0 Å². The molecular weight excluding hydrogens is 333 g/mol. The zero-order valence-electron chi connectivity index (χ0n) is 8.53. The molecule has 1 aromatic rings. The van der Waals surface area contributed by atoms with Crippen LogP contribution < -0.4 is 5.32 Å². The molecule has 16 heavy (non-hydrogen) atoms. The molecule has 1 aromatic carbocycles. The number of hydrogen-bond donors (Lipinski definition) is 1. The fraction of sp³-hybridized carbons (Fsp3) is 0.273. The van der Waals surface area contributed by atoms with Crippen molar-refractivity contribution in [2.75, 3.05) is 13.1 Å². The van der Waals surface area contributed by atoms with Crippen molar-refractivity contribution in [2.45, 2.75) is 6.42 Å². The summed E-state index contributed by atoms with van der Waals surface area (Å²) in [5.74, 6) is 1.07. The van der Waals surface area contributed by atoms with Crippen molar-refractivity contribution >= 4 is 51.5 Å². The highest BCUT2D eigenvalue weighted by atomic mass is 127. The number of thiocarbonyl (C=S) groups is 1. The molecule has 0 spiro atoms. The van der Waals surface area contributed by atoms with Gasteiger partial charge in [-0.15, -0.1) is 0 Å². The van der Waals surface area contributed by atoms with E-state index in [1.807, 2.05) is 6.07 Å². The molecule has 1 N–H and O–H groups in total. The van der Waals surface area contributed by atoms with Crippen LogP contribution in [0.15, 0.2) is 28.2 Å². The van der Waals surface area contributed by atoms with E-state index in [2.05, 4.69) is 67.4 Å². The first-order chi connectivity index (χ1) is 7.79. The summed E-state index contributed by atoms with van der Waals surface area (Å²) in [5, 5.41) is 5.64. The number of isothiocyanates is 1. The molecule has 5 heteroatoms. The quantitative estimate of drug-likeness (QED) is 0.520. The van der Waals surface area contributed by atoms with Gasteiger partial charge in [0.2, 0.25) is 0 Å². The largest absolute Gasteiger partial charge is 0.372 e. The number of nitrogens with zero attached hydrogens (tertiary/aromatic N) is 2. The third-order valence-corrected chi connectivity index (χ3v) is 3.25. The van der Waals surface area contributed by atoms with E-state index in [1.165, 1.54) is 5.56 Å². The maximum absolute atomic E-state index is 4.59. The van der Waals surface area contributed by atoms with Crippen molar-refractivity contribution in [3.8, 4) is 0 Å². The zero-order valence-corrected chi connectivity index (χ0v) is 11.5. The molecule has 3 nitrogen and oxygen atoms in total. The van der Waals surface area contributed by atoms with Gasteiger partial charge in [-0.1, -0.05) is 6.07 Å². The molecule has 0 unspecified atom stereocenters. The van der Waals surface area contributed by atoms with E-state index in [4.69, 9.17) is 0 Å². The van der Waals surface area contributed by atoms with E-state index < -0.39 is 0 Å². The van der Waals surface area contributed by atoms with E-state index in [0.717, 1.165) is 34.6 Å². The van der Waals surface area contributed by atoms with E-state index in [-0.39, 0.29) is 0 Å². The molecule has 0 atom stereocenters. The number of amidine groups is 1. The van der Waals surface area contributed by atoms with E-state index in [9.17, 15) is 0 Å². The number of benzene rings is 1. The number of hydrogen-bond acceptors (Lipinski definition) is 4. The smallest absolute Gasteiger partial charge is 0.101 e.